The van der Waals surface area contributed by atoms with E-state index in [1.807, 2.05) is 6.08 Å². The molecule has 3 nitrogen and oxygen atoms in total. The molecule has 1 aromatic rings. The summed E-state index contributed by atoms with van der Waals surface area (Å²) >= 11 is 0. The Hall–Kier alpha value is -2.13. The maximum atomic E-state index is 12.6. The fourth-order valence-electron chi connectivity index (χ4n) is 5.12. The van der Waals surface area contributed by atoms with Crippen LogP contribution in [0.4, 0.5) is 0 Å². The molecule has 1 fully saturated rings. The summed E-state index contributed by atoms with van der Waals surface area (Å²) in [5.74, 6) is 1.13. The molecular weight excluding hydrogens is 320 g/mol. The zero-order chi connectivity index (χ0) is 17.5. The van der Waals surface area contributed by atoms with E-state index in [4.69, 9.17) is 0 Å². The normalized spacial score (nSPS) is 32.9. The lowest BCUT2D eigenvalue weighted by Crippen LogP contribution is -2.50. The predicted octanol–water partition coefficient (Wildman–Crippen LogP) is 3.03. The smallest absolute Gasteiger partial charge is 0.248 e. The van der Waals surface area contributed by atoms with E-state index in [-0.39, 0.29) is 11.9 Å². The predicted molar refractivity (Wildman–Crippen MR) is 104 cm³/mol. The van der Waals surface area contributed by atoms with Gasteiger partial charge in [-0.3, -0.25) is 9.69 Å². The summed E-state index contributed by atoms with van der Waals surface area (Å²) in [5.41, 5.74) is 4.00. The standard InChI is InChI=1S/C23H26N2O/c26-23-20(12-19-7-3-4-8-22(19)24-23)15-25-14-16-9-10-21(25)13-18-6-2-1-5-17(18)11-16/h1-8,12,16,19,21-22H,9-11,13-15H2,(H,24,26)/t16-,19?,21-,22?/m1/s1. The maximum absolute atomic E-state index is 12.6. The largest absolute Gasteiger partial charge is 0.345 e. The van der Waals surface area contributed by atoms with Crippen LogP contribution in [0.1, 0.15) is 24.0 Å². The third-order valence-corrected chi connectivity index (χ3v) is 6.53. The molecule has 0 saturated carbocycles. The summed E-state index contributed by atoms with van der Waals surface area (Å²) in [7, 11) is 0. The quantitative estimate of drug-likeness (QED) is 0.893. The molecule has 134 valence electrons. The van der Waals surface area contributed by atoms with Gasteiger partial charge >= 0.3 is 0 Å². The van der Waals surface area contributed by atoms with Gasteiger partial charge < -0.3 is 5.32 Å². The van der Waals surface area contributed by atoms with Crippen molar-refractivity contribution in [3.05, 3.63) is 71.3 Å². The summed E-state index contributed by atoms with van der Waals surface area (Å²) < 4.78 is 0. The minimum atomic E-state index is 0.115. The third kappa shape index (κ3) is 2.95. The Bertz CT molecular complexity index is 806. The summed E-state index contributed by atoms with van der Waals surface area (Å²) in [6, 6.07) is 9.63. The van der Waals surface area contributed by atoms with E-state index in [1.54, 1.807) is 5.56 Å². The molecule has 0 spiro atoms. The number of amides is 1. The van der Waals surface area contributed by atoms with Crippen LogP contribution < -0.4 is 5.32 Å². The number of benzene rings is 1. The van der Waals surface area contributed by atoms with E-state index < -0.39 is 0 Å². The van der Waals surface area contributed by atoms with Gasteiger partial charge in [0.15, 0.2) is 0 Å². The van der Waals surface area contributed by atoms with Crippen LogP contribution in [0.5, 0.6) is 0 Å². The average molecular weight is 346 g/mol. The van der Waals surface area contributed by atoms with E-state index in [0.29, 0.717) is 17.9 Å². The van der Waals surface area contributed by atoms with Gasteiger partial charge in [0.1, 0.15) is 0 Å². The number of allylic oxidation sites excluding steroid dienone is 2. The number of nitrogens with zero attached hydrogens (tertiary/aromatic N) is 1. The van der Waals surface area contributed by atoms with Crippen molar-refractivity contribution in [2.24, 2.45) is 11.8 Å². The third-order valence-electron chi connectivity index (χ3n) is 6.53. The SMILES string of the molecule is O=C1NC2C=CC=CC2C=C1CN1C[C@@H]2CC[C@@H]1Cc1ccccc1C2. The fraction of sp³-hybridized carbons (Fsp3) is 0.435. The second kappa shape index (κ2) is 6.55. The lowest BCUT2D eigenvalue weighted by Gasteiger charge is -2.43. The zero-order valence-electron chi connectivity index (χ0n) is 15.1. The van der Waals surface area contributed by atoms with Crippen molar-refractivity contribution in [3.63, 3.8) is 0 Å². The summed E-state index contributed by atoms with van der Waals surface area (Å²) in [5, 5.41) is 3.17. The fourth-order valence-corrected chi connectivity index (χ4v) is 5.12. The molecule has 6 rings (SSSR count). The molecule has 0 radical (unpaired) electrons. The molecular formula is C23H26N2O. The molecule has 1 saturated heterocycles. The molecule has 3 aliphatic heterocycles. The van der Waals surface area contributed by atoms with Crippen LogP contribution in [0.25, 0.3) is 0 Å². The Morgan fingerprint density at radius 1 is 1.04 bits per heavy atom. The first kappa shape index (κ1) is 16.1. The minimum absolute atomic E-state index is 0.115. The van der Waals surface area contributed by atoms with Gasteiger partial charge in [0, 0.05) is 30.6 Å². The van der Waals surface area contributed by atoms with Crippen LogP contribution >= 0.6 is 0 Å². The van der Waals surface area contributed by atoms with Crippen LogP contribution in [0, 0.1) is 11.8 Å². The van der Waals surface area contributed by atoms with Crippen LogP contribution in [-0.4, -0.2) is 36.0 Å². The van der Waals surface area contributed by atoms with Crippen molar-refractivity contribution in [2.75, 3.05) is 13.1 Å². The van der Waals surface area contributed by atoms with Gasteiger partial charge in [-0.1, -0.05) is 54.6 Å². The van der Waals surface area contributed by atoms with Crippen molar-refractivity contribution in [1.82, 2.24) is 10.2 Å². The number of rotatable bonds is 2. The number of fused-ring (bicyclic) bond motifs is 3. The molecule has 2 bridgehead atoms. The number of hydrogen-bond donors (Lipinski definition) is 1. The van der Waals surface area contributed by atoms with E-state index in [1.165, 1.54) is 24.8 Å². The van der Waals surface area contributed by atoms with Crippen molar-refractivity contribution in [3.8, 4) is 0 Å². The second-order valence-corrected chi connectivity index (χ2v) is 8.24. The van der Waals surface area contributed by atoms with Crippen LogP contribution in [0.3, 0.4) is 0 Å². The number of piperidine rings is 1. The highest BCUT2D eigenvalue weighted by Crippen LogP contribution is 2.33. The number of carbonyl (C=O) groups is 1. The van der Waals surface area contributed by atoms with Crippen molar-refractivity contribution < 1.29 is 4.79 Å². The van der Waals surface area contributed by atoms with E-state index in [9.17, 15) is 4.79 Å². The molecule has 1 amide bonds. The Morgan fingerprint density at radius 3 is 2.73 bits per heavy atom. The molecule has 3 heterocycles. The molecule has 4 atom stereocenters. The first-order valence-corrected chi connectivity index (χ1v) is 9.93. The molecule has 3 heteroatoms. The highest BCUT2D eigenvalue weighted by molar-refractivity contribution is 5.95. The number of carbonyl (C=O) groups excluding carboxylic acids is 1. The molecule has 5 aliphatic rings. The minimum Gasteiger partial charge on any atom is -0.345 e. The van der Waals surface area contributed by atoms with E-state index >= 15 is 0 Å². The van der Waals surface area contributed by atoms with E-state index in [2.05, 4.69) is 58.8 Å². The first-order chi connectivity index (χ1) is 12.8. The Kier molecular flexibility index (Phi) is 4.05. The van der Waals surface area contributed by atoms with Crippen molar-refractivity contribution >= 4 is 5.91 Å². The van der Waals surface area contributed by atoms with Gasteiger partial charge in [-0.25, -0.2) is 0 Å². The monoisotopic (exact) mass is 346 g/mol. The van der Waals surface area contributed by atoms with Crippen LogP contribution in [-0.2, 0) is 17.6 Å². The topological polar surface area (TPSA) is 32.3 Å². The number of nitrogens with one attached hydrogen (secondary N) is 1. The molecule has 1 N–H and O–H groups in total. The summed E-state index contributed by atoms with van der Waals surface area (Å²) in [6.07, 6.45) is 15.5. The van der Waals surface area contributed by atoms with Gasteiger partial charge in [-0.15, -0.1) is 0 Å². The number of hydrogen-bond acceptors (Lipinski definition) is 2. The second-order valence-electron chi connectivity index (χ2n) is 8.24. The highest BCUT2D eigenvalue weighted by atomic mass is 16.1. The summed E-state index contributed by atoms with van der Waals surface area (Å²) in [4.78, 5) is 15.2. The van der Waals surface area contributed by atoms with Gasteiger partial charge in [0.05, 0.1) is 6.04 Å². The highest BCUT2D eigenvalue weighted by Gasteiger charge is 2.34. The van der Waals surface area contributed by atoms with Gasteiger partial charge in [-0.2, -0.15) is 0 Å². The zero-order valence-corrected chi connectivity index (χ0v) is 15.1. The first-order valence-electron chi connectivity index (χ1n) is 9.93. The van der Waals surface area contributed by atoms with Gasteiger partial charge in [0.2, 0.25) is 5.91 Å². The van der Waals surface area contributed by atoms with Crippen molar-refractivity contribution in [2.45, 2.75) is 37.8 Å². The van der Waals surface area contributed by atoms with Crippen LogP contribution in [0.15, 0.2) is 60.2 Å². The molecule has 26 heavy (non-hydrogen) atoms. The molecule has 1 aromatic carbocycles. The Balaban J connectivity index is 1.38. The van der Waals surface area contributed by atoms with Crippen molar-refractivity contribution in [1.29, 1.82) is 0 Å². The van der Waals surface area contributed by atoms with Crippen LogP contribution in [0.2, 0.25) is 0 Å². The molecule has 0 aromatic heterocycles. The lowest BCUT2D eigenvalue weighted by molar-refractivity contribution is -0.119. The lowest BCUT2D eigenvalue weighted by atomic mass is 9.80. The Morgan fingerprint density at radius 2 is 1.85 bits per heavy atom. The Labute approximate surface area is 155 Å². The molecule has 2 unspecified atom stereocenters. The summed E-state index contributed by atoms with van der Waals surface area (Å²) in [6.45, 7) is 1.91. The van der Waals surface area contributed by atoms with Gasteiger partial charge in [-0.05, 0) is 42.7 Å². The van der Waals surface area contributed by atoms with Gasteiger partial charge in [0.25, 0.3) is 0 Å². The average Bonchev–Trinajstić information content (AvgIpc) is 2.63. The molecule has 2 aliphatic carbocycles. The van der Waals surface area contributed by atoms with E-state index in [0.717, 1.165) is 25.1 Å². The maximum Gasteiger partial charge on any atom is 0.248 e.